The van der Waals surface area contributed by atoms with Crippen LogP contribution in [-0.2, 0) is 0 Å². The Morgan fingerprint density at radius 1 is 0.842 bits per heavy atom. The Morgan fingerprint density at radius 2 is 1.37 bits per heavy atom. The summed E-state index contributed by atoms with van der Waals surface area (Å²) in [4.78, 5) is 0. The molecule has 2 N–H and O–H groups in total. The minimum Gasteiger partial charge on any atom is -0.324 e. The van der Waals surface area contributed by atoms with E-state index < -0.39 is 18.6 Å². The van der Waals surface area contributed by atoms with Crippen LogP contribution in [-0.4, -0.2) is 6.18 Å². The van der Waals surface area contributed by atoms with Crippen LogP contribution in [0.4, 0.5) is 13.2 Å². The molecule has 0 fully saturated rings. The standard InChI is InChI=1S/C15H14F3N/c16-15(17,18)10-14(19)13-8-6-12(7-9-13)11-4-2-1-3-5-11/h1-9,14H,10,19H2. The third kappa shape index (κ3) is 3.83. The Hall–Kier alpha value is -1.81. The highest BCUT2D eigenvalue weighted by Crippen LogP contribution is 2.29. The molecule has 2 rings (SSSR count). The molecule has 0 saturated heterocycles. The van der Waals surface area contributed by atoms with E-state index in [0.717, 1.165) is 11.1 Å². The second-order valence-electron chi connectivity index (χ2n) is 4.41. The van der Waals surface area contributed by atoms with Crippen molar-refractivity contribution in [3.05, 3.63) is 60.2 Å². The largest absolute Gasteiger partial charge is 0.390 e. The van der Waals surface area contributed by atoms with Crippen LogP contribution in [0.25, 0.3) is 11.1 Å². The molecule has 100 valence electrons. The van der Waals surface area contributed by atoms with Gasteiger partial charge in [0.2, 0.25) is 0 Å². The first kappa shape index (κ1) is 13.6. The summed E-state index contributed by atoms with van der Waals surface area (Å²) in [6.07, 6.45) is -5.24. The van der Waals surface area contributed by atoms with Gasteiger partial charge in [-0.3, -0.25) is 0 Å². The number of alkyl halides is 3. The first-order chi connectivity index (χ1) is 8.96. The molecule has 1 unspecified atom stereocenters. The van der Waals surface area contributed by atoms with Gasteiger partial charge in [0, 0.05) is 6.04 Å². The smallest absolute Gasteiger partial charge is 0.324 e. The van der Waals surface area contributed by atoms with E-state index in [9.17, 15) is 13.2 Å². The molecule has 2 aromatic rings. The SMILES string of the molecule is NC(CC(F)(F)F)c1ccc(-c2ccccc2)cc1. The Kier molecular flexibility index (Phi) is 3.90. The quantitative estimate of drug-likeness (QED) is 0.879. The van der Waals surface area contributed by atoms with Crippen molar-refractivity contribution in [3.63, 3.8) is 0 Å². The summed E-state index contributed by atoms with van der Waals surface area (Å²) in [5.41, 5.74) is 8.04. The van der Waals surface area contributed by atoms with Crippen LogP contribution in [0.15, 0.2) is 54.6 Å². The fraction of sp³-hybridized carbons (Fsp3) is 0.200. The van der Waals surface area contributed by atoms with E-state index >= 15 is 0 Å². The minimum absolute atomic E-state index is 0.497. The minimum atomic E-state index is -4.24. The van der Waals surface area contributed by atoms with E-state index in [1.807, 2.05) is 30.3 Å². The molecule has 0 aliphatic carbocycles. The zero-order valence-electron chi connectivity index (χ0n) is 10.2. The highest BCUT2D eigenvalue weighted by Gasteiger charge is 2.30. The van der Waals surface area contributed by atoms with Gasteiger partial charge in [-0.1, -0.05) is 54.6 Å². The molecule has 0 saturated carbocycles. The Bertz CT molecular complexity index is 517. The summed E-state index contributed by atoms with van der Waals surface area (Å²) in [5, 5.41) is 0. The first-order valence-electron chi connectivity index (χ1n) is 5.93. The monoisotopic (exact) mass is 265 g/mol. The summed E-state index contributed by atoms with van der Waals surface area (Å²) < 4.78 is 36.8. The highest BCUT2D eigenvalue weighted by atomic mass is 19.4. The van der Waals surface area contributed by atoms with E-state index in [2.05, 4.69) is 0 Å². The van der Waals surface area contributed by atoms with Crippen molar-refractivity contribution < 1.29 is 13.2 Å². The number of benzene rings is 2. The molecule has 0 radical (unpaired) electrons. The van der Waals surface area contributed by atoms with Crippen molar-refractivity contribution in [1.82, 2.24) is 0 Å². The van der Waals surface area contributed by atoms with Crippen molar-refractivity contribution >= 4 is 0 Å². The van der Waals surface area contributed by atoms with Crippen LogP contribution in [0.1, 0.15) is 18.0 Å². The second kappa shape index (κ2) is 5.45. The summed E-state index contributed by atoms with van der Waals surface area (Å²) in [7, 11) is 0. The fourth-order valence-corrected chi connectivity index (χ4v) is 1.92. The molecule has 4 heteroatoms. The Morgan fingerprint density at radius 3 is 1.89 bits per heavy atom. The van der Waals surface area contributed by atoms with E-state index in [4.69, 9.17) is 5.73 Å². The summed E-state index contributed by atoms with van der Waals surface area (Å²) >= 11 is 0. The van der Waals surface area contributed by atoms with Gasteiger partial charge in [-0.2, -0.15) is 13.2 Å². The third-order valence-corrected chi connectivity index (χ3v) is 2.90. The van der Waals surface area contributed by atoms with Crippen LogP contribution in [0, 0.1) is 0 Å². The fourth-order valence-electron chi connectivity index (χ4n) is 1.92. The number of halogens is 3. The number of hydrogen-bond donors (Lipinski definition) is 1. The lowest BCUT2D eigenvalue weighted by molar-refractivity contribution is -0.138. The summed E-state index contributed by atoms with van der Waals surface area (Å²) in [6.45, 7) is 0. The molecule has 0 amide bonds. The van der Waals surface area contributed by atoms with Crippen molar-refractivity contribution in [2.24, 2.45) is 5.73 Å². The predicted octanol–water partition coefficient (Wildman–Crippen LogP) is 4.31. The predicted molar refractivity (Wildman–Crippen MR) is 69.5 cm³/mol. The van der Waals surface area contributed by atoms with Crippen molar-refractivity contribution in [2.75, 3.05) is 0 Å². The third-order valence-electron chi connectivity index (χ3n) is 2.90. The van der Waals surface area contributed by atoms with Crippen LogP contribution < -0.4 is 5.73 Å². The molecular formula is C15H14F3N. The van der Waals surface area contributed by atoms with Gasteiger partial charge >= 0.3 is 6.18 Å². The van der Waals surface area contributed by atoms with Crippen LogP contribution in [0.5, 0.6) is 0 Å². The number of nitrogens with two attached hydrogens (primary N) is 1. The molecule has 0 heterocycles. The van der Waals surface area contributed by atoms with Crippen molar-refractivity contribution in [1.29, 1.82) is 0 Å². The summed E-state index contributed by atoms with van der Waals surface area (Å²) in [6, 6.07) is 15.5. The van der Waals surface area contributed by atoms with Crippen LogP contribution in [0.3, 0.4) is 0 Å². The lowest BCUT2D eigenvalue weighted by Gasteiger charge is -2.14. The number of rotatable bonds is 3. The van der Waals surface area contributed by atoms with Crippen molar-refractivity contribution in [3.8, 4) is 11.1 Å². The van der Waals surface area contributed by atoms with Crippen LogP contribution >= 0.6 is 0 Å². The van der Waals surface area contributed by atoms with Gasteiger partial charge in [-0.15, -0.1) is 0 Å². The Labute approximate surface area is 109 Å². The normalized spacial score (nSPS) is 13.3. The van der Waals surface area contributed by atoms with Gasteiger partial charge in [0.25, 0.3) is 0 Å². The molecule has 2 aromatic carbocycles. The van der Waals surface area contributed by atoms with Crippen LogP contribution in [0.2, 0.25) is 0 Å². The maximum absolute atomic E-state index is 12.3. The van der Waals surface area contributed by atoms with Gasteiger partial charge in [-0.05, 0) is 16.7 Å². The second-order valence-corrected chi connectivity index (χ2v) is 4.41. The highest BCUT2D eigenvalue weighted by molar-refractivity contribution is 5.63. The van der Waals surface area contributed by atoms with E-state index in [0.29, 0.717) is 5.56 Å². The average molecular weight is 265 g/mol. The van der Waals surface area contributed by atoms with Crippen molar-refractivity contribution in [2.45, 2.75) is 18.6 Å². The van der Waals surface area contributed by atoms with E-state index in [1.165, 1.54) is 0 Å². The first-order valence-corrected chi connectivity index (χ1v) is 5.93. The maximum Gasteiger partial charge on any atom is 0.390 e. The van der Waals surface area contributed by atoms with E-state index in [-0.39, 0.29) is 0 Å². The van der Waals surface area contributed by atoms with Gasteiger partial charge in [0.1, 0.15) is 0 Å². The van der Waals surface area contributed by atoms with E-state index in [1.54, 1.807) is 24.3 Å². The lowest BCUT2D eigenvalue weighted by atomic mass is 9.99. The topological polar surface area (TPSA) is 26.0 Å². The molecule has 0 bridgehead atoms. The van der Waals surface area contributed by atoms with Gasteiger partial charge in [-0.25, -0.2) is 0 Å². The molecule has 0 aromatic heterocycles. The zero-order valence-corrected chi connectivity index (χ0v) is 10.2. The molecule has 0 spiro atoms. The number of hydrogen-bond acceptors (Lipinski definition) is 1. The molecule has 0 aliphatic rings. The molecule has 19 heavy (non-hydrogen) atoms. The average Bonchev–Trinajstić information content (AvgIpc) is 2.38. The van der Waals surface area contributed by atoms with Gasteiger partial charge in [0.05, 0.1) is 6.42 Å². The molecular weight excluding hydrogens is 251 g/mol. The Balaban J connectivity index is 2.15. The molecule has 0 aliphatic heterocycles. The zero-order chi connectivity index (χ0) is 13.9. The maximum atomic E-state index is 12.3. The van der Waals surface area contributed by atoms with Gasteiger partial charge < -0.3 is 5.73 Å². The lowest BCUT2D eigenvalue weighted by Crippen LogP contribution is -2.20. The van der Waals surface area contributed by atoms with Gasteiger partial charge in [0.15, 0.2) is 0 Å². The molecule has 1 nitrogen and oxygen atoms in total. The summed E-state index contributed by atoms with van der Waals surface area (Å²) in [5.74, 6) is 0. The molecule has 1 atom stereocenters.